The number of halogens is 1. The van der Waals surface area contributed by atoms with Gasteiger partial charge in [-0.1, -0.05) is 26.7 Å². The number of furan rings is 1. The molecule has 1 saturated heterocycles. The Bertz CT molecular complexity index is 689. The first-order chi connectivity index (χ1) is 13.2. The van der Waals surface area contributed by atoms with Crippen LogP contribution in [0.5, 0.6) is 0 Å². The van der Waals surface area contributed by atoms with Gasteiger partial charge in [0.05, 0.1) is 12.3 Å². The van der Waals surface area contributed by atoms with Crippen LogP contribution in [0.1, 0.15) is 63.6 Å². The number of hydrogen-bond acceptors (Lipinski definition) is 6. The predicted octanol–water partition coefficient (Wildman–Crippen LogP) is -0.0342. The van der Waals surface area contributed by atoms with E-state index in [1.165, 1.54) is 38.8 Å². The molecular formula is C20H32ClN6O-. The molecule has 0 spiro atoms. The second-order valence-corrected chi connectivity index (χ2v) is 8.43. The summed E-state index contributed by atoms with van der Waals surface area (Å²) in [5.74, 6) is 2.45. The van der Waals surface area contributed by atoms with Crippen molar-refractivity contribution in [1.29, 1.82) is 0 Å². The normalized spacial score (nSPS) is 20.5. The Kier molecular flexibility index (Phi) is 7.48. The average molecular weight is 408 g/mol. The van der Waals surface area contributed by atoms with E-state index in [0.29, 0.717) is 12.5 Å². The van der Waals surface area contributed by atoms with Gasteiger partial charge in [-0.25, -0.2) is 4.68 Å². The zero-order valence-electron chi connectivity index (χ0n) is 17.0. The molecule has 2 fully saturated rings. The molecule has 1 unspecified atom stereocenters. The number of aromatic nitrogens is 4. The summed E-state index contributed by atoms with van der Waals surface area (Å²) in [5, 5.41) is 12.7. The summed E-state index contributed by atoms with van der Waals surface area (Å²) in [5.41, 5.74) is 0. The van der Waals surface area contributed by atoms with Crippen molar-refractivity contribution in [2.75, 3.05) is 26.2 Å². The Morgan fingerprint density at radius 3 is 2.54 bits per heavy atom. The van der Waals surface area contributed by atoms with Crippen molar-refractivity contribution in [3.8, 4) is 0 Å². The van der Waals surface area contributed by atoms with Gasteiger partial charge < -0.3 is 16.8 Å². The van der Waals surface area contributed by atoms with Crippen molar-refractivity contribution in [2.45, 2.75) is 64.6 Å². The van der Waals surface area contributed by atoms with Crippen molar-refractivity contribution in [1.82, 2.24) is 30.0 Å². The van der Waals surface area contributed by atoms with Gasteiger partial charge in [0.1, 0.15) is 12.3 Å². The second kappa shape index (κ2) is 9.85. The smallest absolute Gasteiger partial charge is 0.168 e. The Hall–Kier alpha value is -1.44. The molecule has 0 radical (unpaired) electrons. The van der Waals surface area contributed by atoms with Crippen LogP contribution in [0.15, 0.2) is 22.8 Å². The molecule has 2 aliphatic rings. The van der Waals surface area contributed by atoms with Gasteiger partial charge in [-0.05, 0) is 47.7 Å². The highest BCUT2D eigenvalue weighted by Gasteiger charge is 2.32. The zero-order chi connectivity index (χ0) is 18.6. The minimum Gasteiger partial charge on any atom is -1.00 e. The Morgan fingerprint density at radius 1 is 1.14 bits per heavy atom. The minimum atomic E-state index is 0. The molecule has 1 atom stereocenters. The fourth-order valence-electron chi connectivity index (χ4n) is 4.66. The topological polar surface area (TPSA) is 63.2 Å². The number of tetrazole rings is 1. The van der Waals surface area contributed by atoms with Crippen LogP contribution in [0, 0.1) is 5.92 Å². The Labute approximate surface area is 173 Å². The largest absolute Gasteiger partial charge is 1.00 e. The van der Waals surface area contributed by atoms with Crippen molar-refractivity contribution in [3.05, 3.63) is 30.0 Å². The van der Waals surface area contributed by atoms with E-state index < -0.39 is 0 Å². The SMILES string of the molecule is CC(C)CC(c1nnnn1Cc1ccco1)N1CCN(C2CCCC2)CC1.[Cl-]. The summed E-state index contributed by atoms with van der Waals surface area (Å²) in [6, 6.07) is 4.97. The predicted molar refractivity (Wildman–Crippen MR) is 103 cm³/mol. The van der Waals surface area contributed by atoms with E-state index >= 15 is 0 Å². The van der Waals surface area contributed by atoms with Crippen LogP contribution < -0.4 is 12.4 Å². The molecule has 28 heavy (non-hydrogen) atoms. The molecule has 2 aromatic rings. The molecule has 156 valence electrons. The standard InChI is InChI=1S/C20H32N6O.ClH/c1-16(2)14-19(20-21-22-23-26(20)15-18-8-5-13-27-18)25-11-9-24(10-12-25)17-6-3-4-7-17;/h5,8,13,16-17,19H,3-4,6-7,9-12,14-15H2,1-2H3;1H/p-1. The van der Waals surface area contributed by atoms with E-state index in [1.54, 1.807) is 6.26 Å². The molecule has 1 aliphatic heterocycles. The highest BCUT2D eigenvalue weighted by Crippen LogP contribution is 2.30. The first-order valence-electron chi connectivity index (χ1n) is 10.5. The first kappa shape index (κ1) is 21.3. The molecule has 0 amide bonds. The van der Waals surface area contributed by atoms with Gasteiger partial charge in [0.2, 0.25) is 0 Å². The van der Waals surface area contributed by atoms with Gasteiger partial charge in [0, 0.05) is 32.2 Å². The molecule has 8 heteroatoms. The molecule has 1 saturated carbocycles. The summed E-state index contributed by atoms with van der Waals surface area (Å²) in [6.07, 6.45) is 8.35. The minimum absolute atomic E-state index is 0. The monoisotopic (exact) mass is 407 g/mol. The van der Waals surface area contributed by atoms with Crippen LogP contribution in [0.4, 0.5) is 0 Å². The Morgan fingerprint density at radius 2 is 1.89 bits per heavy atom. The maximum absolute atomic E-state index is 5.50. The van der Waals surface area contributed by atoms with E-state index in [4.69, 9.17) is 4.42 Å². The molecule has 3 heterocycles. The average Bonchev–Trinajstić information content (AvgIpc) is 3.43. The summed E-state index contributed by atoms with van der Waals surface area (Å²) in [4.78, 5) is 5.30. The van der Waals surface area contributed by atoms with Crippen molar-refractivity contribution >= 4 is 0 Å². The van der Waals surface area contributed by atoms with E-state index in [9.17, 15) is 0 Å². The molecule has 0 aromatic carbocycles. The van der Waals surface area contributed by atoms with Gasteiger partial charge in [-0.15, -0.1) is 5.10 Å². The maximum Gasteiger partial charge on any atom is 0.168 e. The molecule has 2 aromatic heterocycles. The maximum atomic E-state index is 5.50. The third kappa shape index (κ3) is 4.93. The summed E-state index contributed by atoms with van der Waals surface area (Å²) in [6.45, 7) is 9.68. The van der Waals surface area contributed by atoms with E-state index in [1.807, 2.05) is 16.8 Å². The second-order valence-electron chi connectivity index (χ2n) is 8.43. The molecule has 0 N–H and O–H groups in total. The fraction of sp³-hybridized carbons (Fsp3) is 0.750. The van der Waals surface area contributed by atoms with E-state index in [-0.39, 0.29) is 18.4 Å². The number of nitrogens with zero attached hydrogens (tertiary/aromatic N) is 6. The van der Waals surface area contributed by atoms with Crippen LogP contribution in [0.3, 0.4) is 0 Å². The molecule has 7 nitrogen and oxygen atoms in total. The van der Waals surface area contributed by atoms with Crippen molar-refractivity contribution in [2.24, 2.45) is 5.92 Å². The van der Waals surface area contributed by atoms with E-state index in [0.717, 1.165) is 37.1 Å². The van der Waals surface area contributed by atoms with Crippen LogP contribution in [0.2, 0.25) is 0 Å². The third-order valence-corrected chi connectivity index (χ3v) is 6.07. The van der Waals surface area contributed by atoms with Crippen LogP contribution in [-0.2, 0) is 6.54 Å². The lowest BCUT2D eigenvalue weighted by Crippen LogP contribution is -3.00. The van der Waals surface area contributed by atoms with Gasteiger partial charge in [-0.2, -0.15) is 0 Å². The van der Waals surface area contributed by atoms with Crippen LogP contribution in [-0.4, -0.2) is 62.2 Å². The third-order valence-electron chi connectivity index (χ3n) is 6.07. The van der Waals surface area contributed by atoms with Gasteiger partial charge in [-0.3, -0.25) is 9.80 Å². The molecule has 4 rings (SSSR count). The van der Waals surface area contributed by atoms with Crippen molar-refractivity contribution in [3.63, 3.8) is 0 Å². The lowest BCUT2D eigenvalue weighted by Gasteiger charge is -2.41. The van der Waals surface area contributed by atoms with Gasteiger partial charge in [0.15, 0.2) is 5.82 Å². The zero-order valence-corrected chi connectivity index (χ0v) is 17.8. The van der Waals surface area contributed by atoms with Crippen LogP contribution >= 0.6 is 0 Å². The number of rotatable bonds is 7. The highest BCUT2D eigenvalue weighted by molar-refractivity contribution is 5.02. The summed E-state index contributed by atoms with van der Waals surface area (Å²) in [7, 11) is 0. The lowest BCUT2D eigenvalue weighted by molar-refractivity contribution is -0.00000658. The highest BCUT2D eigenvalue weighted by atomic mass is 35.5. The number of hydrogen-bond donors (Lipinski definition) is 0. The van der Waals surface area contributed by atoms with E-state index in [2.05, 4.69) is 39.2 Å². The summed E-state index contributed by atoms with van der Waals surface area (Å²) < 4.78 is 7.41. The lowest BCUT2D eigenvalue weighted by atomic mass is 10.0. The molecular weight excluding hydrogens is 376 g/mol. The fourth-order valence-corrected chi connectivity index (χ4v) is 4.66. The molecule has 0 bridgehead atoms. The summed E-state index contributed by atoms with van der Waals surface area (Å²) >= 11 is 0. The van der Waals surface area contributed by atoms with Crippen LogP contribution in [0.25, 0.3) is 0 Å². The van der Waals surface area contributed by atoms with Gasteiger partial charge in [0.25, 0.3) is 0 Å². The first-order valence-corrected chi connectivity index (χ1v) is 10.5. The number of piperazine rings is 1. The Balaban J connectivity index is 0.00000225. The van der Waals surface area contributed by atoms with Crippen molar-refractivity contribution < 1.29 is 16.8 Å². The quantitative estimate of drug-likeness (QED) is 0.642. The molecule has 1 aliphatic carbocycles. The van der Waals surface area contributed by atoms with Gasteiger partial charge >= 0.3 is 0 Å².